The minimum atomic E-state index is -0.613. The van der Waals surface area contributed by atoms with Crippen molar-refractivity contribution >= 4 is 23.2 Å². The molecular weight excluding hydrogens is 284 g/mol. The Morgan fingerprint density at radius 3 is 2.33 bits per heavy atom. The molecule has 2 fully saturated rings. The first-order valence-corrected chi connectivity index (χ1v) is 8.25. The van der Waals surface area contributed by atoms with Crippen molar-refractivity contribution < 1.29 is 4.79 Å². The van der Waals surface area contributed by atoms with Gasteiger partial charge in [0.1, 0.15) is 5.54 Å². The number of carbonyl (C=O) groups excluding carboxylic acids is 1. The molecule has 0 bridgehead atoms. The molecule has 0 aromatic heterocycles. The molecule has 1 aromatic carbocycles. The lowest BCUT2D eigenvalue weighted by atomic mass is 9.66. The number of nitrogens with one attached hydrogen (secondary N) is 1. The molecule has 2 aliphatic carbocycles. The Hall–Kier alpha value is -1.22. The van der Waals surface area contributed by atoms with Crippen molar-refractivity contribution in [3.63, 3.8) is 0 Å². The zero-order valence-corrected chi connectivity index (χ0v) is 13.1. The molecular formula is C17H23ClN2O. The summed E-state index contributed by atoms with van der Waals surface area (Å²) in [4.78, 5) is 12.1. The highest BCUT2D eigenvalue weighted by Crippen LogP contribution is 2.51. The topological polar surface area (TPSA) is 55.1 Å². The summed E-state index contributed by atoms with van der Waals surface area (Å²) < 4.78 is 0. The van der Waals surface area contributed by atoms with Crippen LogP contribution in [0.2, 0.25) is 5.02 Å². The molecule has 0 aliphatic heterocycles. The number of amides is 1. The van der Waals surface area contributed by atoms with Gasteiger partial charge in [0.15, 0.2) is 0 Å². The van der Waals surface area contributed by atoms with E-state index in [0.717, 1.165) is 31.4 Å². The summed E-state index contributed by atoms with van der Waals surface area (Å²) in [5.74, 6) is -0.240. The van der Waals surface area contributed by atoms with Gasteiger partial charge in [-0.25, -0.2) is 0 Å². The van der Waals surface area contributed by atoms with Crippen LogP contribution < -0.4 is 11.1 Å². The van der Waals surface area contributed by atoms with Crippen molar-refractivity contribution in [1.82, 2.24) is 0 Å². The highest BCUT2D eigenvalue weighted by molar-refractivity contribution is 6.30. The fraction of sp³-hybridized carbons (Fsp3) is 0.588. The van der Waals surface area contributed by atoms with E-state index in [2.05, 4.69) is 5.32 Å². The second kappa shape index (κ2) is 5.53. The maximum absolute atomic E-state index is 12.1. The average molecular weight is 307 g/mol. The average Bonchev–Trinajstić information content (AvgIpc) is 2.90. The van der Waals surface area contributed by atoms with E-state index in [0.29, 0.717) is 10.4 Å². The number of hydrogen-bond acceptors (Lipinski definition) is 2. The first-order chi connectivity index (χ1) is 10.0. The number of anilines is 1. The number of halogens is 1. The highest BCUT2D eigenvalue weighted by atomic mass is 35.5. The van der Waals surface area contributed by atoms with Crippen molar-refractivity contribution in [2.75, 3.05) is 5.32 Å². The maximum atomic E-state index is 12.1. The van der Waals surface area contributed by atoms with Gasteiger partial charge in [0, 0.05) is 10.7 Å². The second-order valence-electron chi connectivity index (χ2n) is 6.79. The highest BCUT2D eigenvalue weighted by Gasteiger charge is 2.46. The Labute approximate surface area is 131 Å². The van der Waals surface area contributed by atoms with Gasteiger partial charge >= 0.3 is 0 Å². The van der Waals surface area contributed by atoms with Crippen LogP contribution in [0.15, 0.2) is 24.3 Å². The van der Waals surface area contributed by atoms with E-state index in [9.17, 15) is 4.79 Å². The number of nitrogens with two attached hydrogens (primary N) is 1. The molecule has 4 heteroatoms. The third-order valence-corrected chi connectivity index (χ3v) is 5.74. The Bertz CT molecular complexity index is 527. The van der Waals surface area contributed by atoms with Gasteiger partial charge in [-0.05, 0) is 62.1 Å². The van der Waals surface area contributed by atoms with Crippen LogP contribution >= 0.6 is 11.6 Å². The molecule has 3 nitrogen and oxygen atoms in total. The van der Waals surface area contributed by atoms with E-state index in [1.807, 2.05) is 24.3 Å². The quantitative estimate of drug-likeness (QED) is 0.883. The molecule has 2 saturated carbocycles. The SMILES string of the molecule is NC(=O)C1(Nc2cccc(Cl)c2)CCC2(CCCC2)CC1. The molecule has 1 amide bonds. The van der Waals surface area contributed by atoms with Gasteiger partial charge < -0.3 is 11.1 Å². The summed E-state index contributed by atoms with van der Waals surface area (Å²) in [6.07, 6.45) is 9.17. The van der Waals surface area contributed by atoms with Gasteiger partial charge in [-0.1, -0.05) is 30.5 Å². The van der Waals surface area contributed by atoms with Crippen LogP contribution in [0.5, 0.6) is 0 Å². The molecule has 3 rings (SSSR count). The summed E-state index contributed by atoms with van der Waals surface area (Å²) in [7, 11) is 0. The number of carbonyl (C=O) groups is 1. The Morgan fingerprint density at radius 2 is 1.76 bits per heavy atom. The van der Waals surface area contributed by atoms with E-state index in [1.54, 1.807) is 0 Å². The van der Waals surface area contributed by atoms with Crippen LogP contribution in [0.4, 0.5) is 5.69 Å². The summed E-state index contributed by atoms with van der Waals surface area (Å²) in [6.45, 7) is 0. The fourth-order valence-corrected chi connectivity index (χ4v) is 4.30. The fourth-order valence-electron chi connectivity index (χ4n) is 4.11. The monoisotopic (exact) mass is 306 g/mol. The van der Waals surface area contributed by atoms with E-state index in [4.69, 9.17) is 17.3 Å². The largest absolute Gasteiger partial charge is 0.371 e. The zero-order chi connectivity index (χ0) is 14.9. The van der Waals surface area contributed by atoms with Gasteiger partial charge in [-0.2, -0.15) is 0 Å². The van der Waals surface area contributed by atoms with Gasteiger partial charge in [-0.15, -0.1) is 0 Å². The van der Waals surface area contributed by atoms with E-state index < -0.39 is 5.54 Å². The third kappa shape index (κ3) is 2.89. The molecule has 2 aliphatic rings. The number of primary amides is 1. The number of hydrogen-bond donors (Lipinski definition) is 2. The van der Waals surface area contributed by atoms with Crippen LogP contribution in [0.25, 0.3) is 0 Å². The molecule has 114 valence electrons. The first-order valence-electron chi connectivity index (χ1n) is 7.87. The second-order valence-corrected chi connectivity index (χ2v) is 7.23. The van der Waals surface area contributed by atoms with Gasteiger partial charge in [0.05, 0.1) is 0 Å². The van der Waals surface area contributed by atoms with Crippen LogP contribution in [-0.4, -0.2) is 11.4 Å². The number of benzene rings is 1. The lowest BCUT2D eigenvalue weighted by molar-refractivity contribution is -0.124. The van der Waals surface area contributed by atoms with E-state index in [1.165, 1.54) is 25.7 Å². The Balaban J connectivity index is 1.77. The first kappa shape index (κ1) is 14.7. The van der Waals surface area contributed by atoms with Crippen LogP contribution in [0.1, 0.15) is 51.4 Å². The molecule has 1 aromatic rings. The summed E-state index contributed by atoms with van der Waals surface area (Å²) in [5.41, 5.74) is 6.49. The van der Waals surface area contributed by atoms with Crippen molar-refractivity contribution in [3.05, 3.63) is 29.3 Å². The lowest BCUT2D eigenvalue weighted by Crippen LogP contribution is -2.54. The van der Waals surface area contributed by atoms with Gasteiger partial charge in [0.2, 0.25) is 5.91 Å². The maximum Gasteiger partial charge on any atom is 0.243 e. The Morgan fingerprint density at radius 1 is 1.10 bits per heavy atom. The number of rotatable bonds is 3. The van der Waals surface area contributed by atoms with Crippen molar-refractivity contribution in [2.45, 2.75) is 56.9 Å². The minimum absolute atomic E-state index is 0.240. The standard InChI is InChI=1S/C17H23ClN2O/c18-13-4-3-5-14(12-13)20-17(15(19)21)10-8-16(9-11-17)6-1-2-7-16/h3-5,12,20H,1-2,6-11H2,(H2,19,21). The van der Waals surface area contributed by atoms with Crippen LogP contribution in [0.3, 0.4) is 0 Å². The van der Waals surface area contributed by atoms with Crippen molar-refractivity contribution in [2.24, 2.45) is 11.1 Å². The smallest absolute Gasteiger partial charge is 0.243 e. The molecule has 3 N–H and O–H groups in total. The van der Waals surface area contributed by atoms with E-state index in [-0.39, 0.29) is 5.91 Å². The summed E-state index contributed by atoms with van der Waals surface area (Å²) in [5, 5.41) is 4.05. The molecule has 0 atom stereocenters. The van der Waals surface area contributed by atoms with Crippen LogP contribution in [0, 0.1) is 5.41 Å². The van der Waals surface area contributed by atoms with Gasteiger partial charge in [0.25, 0.3) is 0 Å². The third-order valence-electron chi connectivity index (χ3n) is 5.51. The molecule has 1 spiro atoms. The van der Waals surface area contributed by atoms with Crippen molar-refractivity contribution in [3.8, 4) is 0 Å². The molecule has 0 unspecified atom stereocenters. The normalized spacial score (nSPS) is 23.1. The lowest BCUT2D eigenvalue weighted by Gasteiger charge is -2.44. The van der Waals surface area contributed by atoms with E-state index >= 15 is 0 Å². The van der Waals surface area contributed by atoms with Crippen LogP contribution in [-0.2, 0) is 4.79 Å². The molecule has 0 radical (unpaired) electrons. The Kier molecular flexibility index (Phi) is 3.87. The predicted octanol–water partition coefficient (Wildman–Crippen LogP) is 4.11. The molecule has 0 saturated heterocycles. The summed E-state index contributed by atoms with van der Waals surface area (Å²) in [6, 6.07) is 7.52. The minimum Gasteiger partial charge on any atom is -0.371 e. The van der Waals surface area contributed by atoms with Crippen molar-refractivity contribution in [1.29, 1.82) is 0 Å². The molecule has 0 heterocycles. The zero-order valence-electron chi connectivity index (χ0n) is 12.3. The van der Waals surface area contributed by atoms with Gasteiger partial charge in [-0.3, -0.25) is 4.79 Å². The molecule has 21 heavy (non-hydrogen) atoms. The summed E-state index contributed by atoms with van der Waals surface area (Å²) >= 11 is 6.03. The predicted molar refractivity (Wildman–Crippen MR) is 86.4 cm³/mol.